The molecule has 8 heteroatoms. The summed E-state index contributed by atoms with van der Waals surface area (Å²) in [4.78, 5) is 30.9. The molecule has 8 nitrogen and oxygen atoms in total. The summed E-state index contributed by atoms with van der Waals surface area (Å²) in [6.07, 6.45) is 4.54. The molecule has 0 bridgehead atoms. The molecule has 2 heterocycles. The lowest BCUT2D eigenvalue weighted by atomic mass is 10.1. The van der Waals surface area contributed by atoms with Crippen LogP contribution in [-0.4, -0.2) is 20.8 Å². The summed E-state index contributed by atoms with van der Waals surface area (Å²) in [5, 5.41) is 13.6. The first-order chi connectivity index (χ1) is 14.6. The standard InChI is InChI=1S/C22H16N4O4/c27-20(11-8-15-3-1-4-18(13-15)26(28)29)24-14-16-6-9-17(10-7-16)22-25-21-19(30-22)5-2-12-23-21/h1-13H,14H2,(H,24,27)/b11-8+. The van der Waals surface area contributed by atoms with E-state index in [1.165, 1.54) is 24.3 Å². The second-order valence-corrected chi connectivity index (χ2v) is 6.44. The fourth-order valence-electron chi connectivity index (χ4n) is 2.82. The van der Waals surface area contributed by atoms with Gasteiger partial charge in [0, 0.05) is 36.5 Å². The van der Waals surface area contributed by atoms with Crippen LogP contribution in [0.15, 0.2) is 77.4 Å². The molecule has 0 saturated carbocycles. The van der Waals surface area contributed by atoms with Gasteiger partial charge in [0.05, 0.1) is 4.92 Å². The highest BCUT2D eigenvalue weighted by Gasteiger charge is 2.09. The number of non-ortho nitro benzene ring substituents is 1. The van der Waals surface area contributed by atoms with Gasteiger partial charge < -0.3 is 9.73 Å². The molecular weight excluding hydrogens is 384 g/mol. The number of pyridine rings is 1. The Morgan fingerprint density at radius 2 is 1.97 bits per heavy atom. The zero-order chi connectivity index (χ0) is 20.9. The number of hydrogen-bond acceptors (Lipinski definition) is 6. The van der Waals surface area contributed by atoms with Crippen molar-refractivity contribution in [3.05, 3.63) is 94.2 Å². The Hall–Kier alpha value is -4.33. The first-order valence-corrected chi connectivity index (χ1v) is 9.10. The molecule has 4 aromatic rings. The maximum Gasteiger partial charge on any atom is 0.270 e. The van der Waals surface area contributed by atoms with Gasteiger partial charge in [-0.25, -0.2) is 4.98 Å². The van der Waals surface area contributed by atoms with Gasteiger partial charge in [0.15, 0.2) is 11.2 Å². The number of hydrogen-bond donors (Lipinski definition) is 1. The Labute approximate surface area is 171 Å². The van der Waals surface area contributed by atoms with Crippen LogP contribution in [0.3, 0.4) is 0 Å². The van der Waals surface area contributed by atoms with Crippen molar-refractivity contribution in [3.8, 4) is 11.5 Å². The van der Waals surface area contributed by atoms with Gasteiger partial charge in [-0.3, -0.25) is 14.9 Å². The summed E-state index contributed by atoms with van der Waals surface area (Å²) in [5.41, 5.74) is 3.46. The van der Waals surface area contributed by atoms with Crippen molar-refractivity contribution in [3.63, 3.8) is 0 Å². The van der Waals surface area contributed by atoms with Crippen LogP contribution in [0, 0.1) is 10.1 Å². The molecule has 0 atom stereocenters. The number of carbonyl (C=O) groups excluding carboxylic acids is 1. The van der Waals surface area contributed by atoms with Crippen LogP contribution in [-0.2, 0) is 11.3 Å². The number of nitrogens with zero attached hydrogens (tertiary/aromatic N) is 3. The molecule has 4 rings (SSSR count). The molecule has 0 unspecified atom stereocenters. The van der Waals surface area contributed by atoms with E-state index >= 15 is 0 Å². The van der Waals surface area contributed by atoms with Gasteiger partial charge >= 0.3 is 0 Å². The molecule has 30 heavy (non-hydrogen) atoms. The lowest BCUT2D eigenvalue weighted by Gasteiger charge is -2.03. The molecule has 1 N–H and O–H groups in total. The number of carbonyl (C=O) groups is 1. The normalized spacial score (nSPS) is 11.1. The highest BCUT2D eigenvalue weighted by atomic mass is 16.6. The fourth-order valence-corrected chi connectivity index (χ4v) is 2.82. The van der Waals surface area contributed by atoms with E-state index in [0.717, 1.165) is 11.1 Å². The lowest BCUT2D eigenvalue weighted by molar-refractivity contribution is -0.384. The Morgan fingerprint density at radius 1 is 1.13 bits per heavy atom. The van der Waals surface area contributed by atoms with Crippen molar-refractivity contribution in [2.45, 2.75) is 6.54 Å². The molecule has 0 aliphatic rings. The van der Waals surface area contributed by atoms with Crippen LogP contribution in [0.5, 0.6) is 0 Å². The Morgan fingerprint density at radius 3 is 2.73 bits per heavy atom. The van der Waals surface area contributed by atoms with Crippen molar-refractivity contribution in [1.82, 2.24) is 15.3 Å². The van der Waals surface area contributed by atoms with Gasteiger partial charge in [-0.15, -0.1) is 0 Å². The largest absolute Gasteiger partial charge is 0.434 e. The molecule has 0 radical (unpaired) electrons. The lowest BCUT2D eigenvalue weighted by Crippen LogP contribution is -2.20. The third-order valence-electron chi connectivity index (χ3n) is 4.34. The van der Waals surface area contributed by atoms with E-state index in [4.69, 9.17) is 4.42 Å². The number of benzene rings is 2. The molecule has 1 amide bonds. The van der Waals surface area contributed by atoms with Gasteiger partial charge in [-0.05, 0) is 41.5 Å². The summed E-state index contributed by atoms with van der Waals surface area (Å²) < 4.78 is 5.69. The van der Waals surface area contributed by atoms with Crippen LogP contribution >= 0.6 is 0 Å². The van der Waals surface area contributed by atoms with Gasteiger partial charge in [-0.2, -0.15) is 4.98 Å². The molecule has 0 saturated heterocycles. The predicted octanol–water partition coefficient (Wildman–Crippen LogP) is 4.13. The molecule has 0 spiro atoms. The predicted molar refractivity (Wildman–Crippen MR) is 111 cm³/mol. The quantitative estimate of drug-likeness (QED) is 0.296. The van der Waals surface area contributed by atoms with Gasteiger partial charge in [-0.1, -0.05) is 24.3 Å². The first-order valence-electron chi connectivity index (χ1n) is 9.10. The van der Waals surface area contributed by atoms with Crippen LogP contribution in [0.1, 0.15) is 11.1 Å². The highest BCUT2D eigenvalue weighted by Crippen LogP contribution is 2.23. The second kappa shape index (κ2) is 8.36. The Kier molecular flexibility index (Phi) is 5.29. The van der Waals surface area contributed by atoms with Crippen LogP contribution in [0.2, 0.25) is 0 Å². The van der Waals surface area contributed by atoms with Gasteiger partial charge in [0.1, 0.15) is 0 Å². The zero-order valence-corrected chi connectivity index (χ0v) is 15.7. The summed E-state index contributed by atoms with van der Waals surface area (Å²) in [5.74, 6) is 0.190. The summed E-state index contributed by atoms with van der Waals surface area (Å²) in [6.45, 7) is 0.341. The number of nitrogens with one attached hydrogen (secondary N) is 1. The topological polar surface area (TPSA) is 111 Å². The van der Waals surface area contributed by atoms with E-state index in [1.807, 2.05) is 30.3 Å². The number of amides is 1. The van der Waals surface area contributed by atoms with Crippen LogP contribution < -0.4 is 5.32 Å². The number of fused-ring (bicyclic) bond motifs is 1. The van der Waals surface area contributed by atoms with Gasteiger partial charge in [0.25, 0.3) is 5.69 Å². The van der Waals surface area contributed by atoms with E-state index in [2.05, 4.69) is 15.3 Å². The third kappa shape index (κ3) is 4.39. The van der Waals surface area contributed by atoms with E-state index in [0.29, 0.717) is 29.2 Å². The van der Waals surface area contributed by atoms with E-state index in [9.17, 15) is 14.9 Å². The molecule has 2 aromatic carbocycles. The maximum absolute atomic E-state index is 12.0. The molecule has 0 aliphatic carbocycles. The van der Waals surface area contributed by atoms with Crippen molar-refractivity contribution >= 4 is 28.9 Å². The smallest absolute Gasteiger partial charge is 0.270 e. The maximum atomic E-state index is 12.0. The molecule has 148 valence electrons. The number of aromatic nitrogens is 2. The van der Waals surface area contributed by atoms with Gasteiger partial charge in [0.2, 0.25) is 11.8 Å². The molecular formula is C22H16N4O4. The number of nitro benzene ring substituents is 1. The monoisotopic (exact) mass is 400 g/mol. The van der Waals surface area contributed by atoms with Crippen molar-refractivity contribution in [2.24, 2.45) is 0 Å². The van der Waals surface area contributed by atoms with Crippen molar-refractivity contribution in [1.29, 1.82) is 0 Å². The first kappa shape index (κ1) is 19.0. The number of oxazole rings is 1. The average molecular weight is 400 g/mol. The third-order valence-corrected chi connectivity index (χ3v) is 4.34. The average Bonchev–Trinajstić information content (AvgIpc) is 3.21. The number of nitro groups is 1. The minimum atomic E-state index is -0.474. The molecule has 0 fully saturated rings. The van der Waals surface area contributed by atoms with Crippen molar-refractivity contribution in [2.75, 3.05) is 0 Å². The van der Waals surface area contributed by atoms with E-state index in [1.54, 1.807) is 24.4 Å². The Bertz CT molecular complexity index is 1210. The SMILES string of the molecule is O=C(/C=C/c1cccc([N+](=O)[O-])c1)NCc1ccc(-c2nc3ncccc3o2)cc1. The number of rotatable bonds is 6. The summed E-state index contributed by atoms with van der Waals surface area (Å²) >= 11 is 0. The molecule has 2 aromatic heterocycles. The highest BCUT2D eigenvalue weighted by molar-refractivity contribution is 5.91. The fraction of sp³-hybridized carbons (Fsp3) is 0.0455. The zero-order valence-electron chi connectivity index (χ0n) is 15.7. The van der Waals surface area contributed by atoms with Crippen LogP contribution in [0.4, 0.5) is 5.69 Å². The summed E-state index contributed by atoms with van der Waals surface area (Å²) in [7, 11) is 0. The van der Waals surface area contributed by atoms with E-state index in [-0.39, 0.29) is 11.6 Å². The minimum Gasteiger partial charge on any atom is -0.434 e. The minimum absolute atomic E-state index is 0.0210. The molecule has 0 aliphatic heterocycles. The second-order valence-electron chi connectivity index (χ2n) is 6.44. The van der Waals surface area contributed by atoms with Crippen molar-refractivity contribution < 1.29 is 14.1 Å². The van der Waals surface area contributed by atoms with Crippen LogP contribution in [0.25, 0.3) is 28.8 Å². The van der Waals surface area contributed by atoms with E-state index < -0.39 is 4.92 Å². The Balaban J connectivity index is 1.36. The summed E-state index contributed by atoms with van der Waals surface area (Å²) in [6, 6.07) is 17.2.